The molecule has 0 bridgehead atoms. The molecule has 0 aromatic heterocycles. The SMILES string of the molecule is CC(C)(C)c1cc(CC(S)C(N)=O)cc(C(C)(C)C)c1O. The molecule has 0 saturated carbocycles. The molecule has 0 radical (unpaired) electrons. The Bertz CT molecular complexity index is 504. The first-order valence-electron chi connectivity index (χ1n) is 7.18. The maximum atomic E-state index is 11.2. The van der Waals surface area contributed by atoms with Crippen molar-refractivity contribution in [3.05, 3.63) is 28.8 Å². The molecule has 1 aromatic rings. The largest absolute Gasteiger partial charge is 0.507 e. The first-order valence-corrected chi connectivity index (χ1v) is 7.70. The third kappa shape index (κ3) is 4.40. The average Bonchev–Trinajstić information content (AvgIpc) is 2.27. The van der Waals surface area contributed by atoms with E-state index in [4.69, 9.17) is 5.73 Å². The molecule has 118 valence electrons. The summed E-state index contributed by atoms with van der Waals surface area (Å²) in [5.41, 5.74) is 7.68. The van der Waals surface area contributed by atoms with Crippen LogP contribution in [0.5, 0.6) is 5.75 Å². The van der Waals surface area contributed by atoms with Crippen LogP contribution in [-0.2, 0) is 22.0 Å². The molecule has 0 aliphatic rings. The van der Waals surface area contributed by atoms with Gasteiger partial charge in [0.2, 0.25) is 5.91 Å². The third-order valence-electron chi connectivity index (χ3n) is 3.54. The molecule has 1 rings (SSSR count). The Morgan fingerprint density at radius 3 is 1.81 bits per heavy atom. The normalized spacial score (nSPS) is 14.0. The molecule has 1 unspecified atom stereocenters. The van der Waals surface area contributed by atoms with Gasteiger partial charge in [0.25, 0.3) is 0 Å². The lowest BCUT2D eigenvalue weighted by Gasteiger charge is -2.28. The van der Waals surface area contributed by atoms with E-state index in [1.54, 1.807) is 0 Å². The Morgan fingerprint density at radius 2 is 1.52 bits per heavy atom. The molecule has 3 nitrogen and oxygen atoms in total. The van der Waals surface area contributed by atoms with Crippen molar-refractivity contribution < 1.29 is 9.90 Å². The van der Waals surface area contributed by atoms with Gasteiger partial charge in [0.15, 0.2) is 0 Å². The summed E-state index contributed by atoms with van der Waals surface area (Å²) in [6.45, 7) is 12.4. The Hall–Kier alpha value is -1.16. The summed E-state index contributed by atoms with van der Waals surface area (Å²) in [5.74, 6) is -0.0884. The van der Waals surface area contributed by atoms with Crippen LogP contribution in [0.2, 0.25) is 0 Å². The predicted molar refractivity (Wildman–Crippen MR) is 91.2 cm³/mol. The van der Waals surface area contributed by atoms with Gasteiger partial charge in [-0.3, -0.25) is 4.79 Å². The Labute approximate surface area is 133 Å². The van der Waals surface area contributed by atoms with Gasteiger partial charge in [0.1, 0.15) is 5.75 Å². The highest BCUT2D eigenvalue weighted by Gasteiger charge is 2.27. The second-order valence-corrected chi connectivity index (χ2v) is 8.29. The smallest absolute Gasteiger partial charge is 0.230 e. The van der Waals surface area contributed by atoms with Crippen LogP contribution in [0, 0.1) is 0 Å². The molecule has 0 aliphatic carbocycles. The first-order chi connectivity index (χ1) is 9.34. The van der Waals surface area contributed by atoms with E-state index in [9.17, 15) is 9.90 Å². The number of phenols is 1. The third-order valence-corrected chi connectivity index (χ3v) is 3.98. The second kappa shape index (κ2) is 5.91. The fraction of sp³-hybridized carbons (Fsp3) is 0.588. The lowest BCUT2D eigenvalue weighted by Crippen LogP contribution is -2.26. The highest BCUT2D eigenvalue weighted by molar-refractivity contribution is 7.81. The Morgan fingerprint density at radius 1 is 1.14 bits per heavy atom. The maximum Gasteiger partial charge on any atom is 0.230 e. The number of nitrogens with two attached hydrogens (primary N) is 1. The van der Waals surface area contributed by atoms with Crippen LogP contribution in [-0.4, -0.2) is 16.3 Å². The van der Waals surface area contributed by atoms with E-state index in [0.717, 1.165) is 16.7 Å². The molecule has 3 N–H and O–H groups in total. The molecule has 1 amide bonds. The molecule has 0 spiro atoms. The molecule has 0 aliphatic heterocycles. The van der Waals surface area contributed by atoms with E-state index >= 15 is 0 Å². The number of carbonyl (C=O) groups is 1. The van der Waals surface area contributed by atoms with Crippen molar-refractivity contribution in [2.24, 2.45) is 5.73 Å². The summed E-state index contributed by atoms with van der Waals surface area (Å²) in [6.07, 6.45) is 0.463. The number of amides is 1. The molecule has 0 saturated heterocycles. The van der Waals surface area contributed by atoms with Crippen molar-refractivity contribution in [1.82, 2.24) is 0 Å². The highest BCUT2D eigenvalue weighted by Crippen LogP contribution is 2.40. The van der Waals surface area contributed by atoms with Crippen LogP contribution in [0.4, 0.5) is 0 Å². The van der Waals surface area contributed by atoms with Gasteiger partial charge in [0, 0.05) is 0 Å². The number of carbonyl (C=O) groups excluding carboxylic acids is 1. The number of thiol groups is 1. The number of benzene rings is 1. The van der Waals surface area contributed by atoms with Crippen molar-refractivity contribution in [3.63, 3.8) is 0 Å². The van der Waals surface area contributed by atoms with Crippen molar-refractivity contribution in [1.29, 1.82) is 0 Å². The van der Waals surface area contributed by atoms with E-state index in [1.807, 2.05) is 12.1 Å². The monoisotopic (exact) mass is 309 g/mol. The number of aromatic hydroxyl groups is 1. The van der Waals surface area contributed by atoms with E-state index in [2.05, 4.69) is 54.2 Å². The van der Waals surface area contributed by atoms with Gasteiger partial charge >= 0.3 is 0 Å². The fourth-order valence-electron chi connectivity index (χ4n) is 2.28. The topological polar surface area (TPSA) is 63.3 Å². The molecule has 21 heavy (non-hydrogen) atoms. The number of hydrogen-bond donors (Lipinski definition) is 3. The average molecular weight is 309 g/mol. The van der Waals surface area contributed by atoms with E-state index in [0.29, 0.717) is 12.2 Å². The number of hydrogen-bond acceptors (Lipinski definition) is 3. The van der Waals surface area contributed by atoms with E-state index < -0.39 is 11.2 Å². The van der Waals surface area contributed by atoms with Crippen LogP contribution in [0.3, 0.4) is 0 Å². The predicted octanol–water partition coefficient (Wildman–Crippen LogP) is 3.31. The Balaban J connectivity index is 3.44. The summed E-state index contributed by atoms with van der Waals surface area (Å²) in [6, 6.07) is 3.91. The van der Waals surface area contributed by atoms with Crippen LogP contribution >= 0.6 is 12.6 Å². The van der Waals surface area contributed by atoms with Gasteiger partial charge in [-0.15, -0.1) is 0 Å². The van der Waals surface area contributed by atoms with Gasteiger partial charge in [0.05, 0.1) is 5.25 Å². The Kier molecular flexibility index (Phi) is 5.04. The number of rotatable bonds is 3. The summed E-state index contributed by atoms with van der Waals surface area (Å²) in [5, 5.41) is 10.1. The van der Waals surface area contributed by atoms with Gasteiger partial charge < -0.3 is 10.8 Å². The zero-order valence-electron chi connectivity index (χ0n) is 13.8. The summed E-state index contributed by atoms with van der Waals surface area (Å²) in [4.78, 5) is 11.2. The minimum absolute atomic E-state index is 0.182. The number of phenolic OH excluding ortho intramolecular Hbond substituents is 1. The molecule has 0 fully saturated rings. The molecular weight excluding hydrogens is 282 g/mol. The van der Waals surface area contributed by atoms with Crippen molar-refractivity contribution in [3.8, 4) is 5.75 Å². The summed E-state index contributed by atoms with van der Waals surface area (Å²) >= 11 is 4.24. The van der Waals surface area contributed by atoms with Crippen LogP contribution in [0.15, 0.2) is 12.1 Å². The lowest BCUT2D eigenvalue weighted by molar-refractivity contribution is -0.117. The minimum atomic E-state index is -0.518. The summed E-state index contributed by atoms with van der Waals surface area (Å²) < 4.78 is 0. The van der Waals surface area contributed by atoms with Gasteiger partial charge in [-0.05, 0) is 33.9 Å². The van der Waals surface area contributed by atoms with Gasteiger partial charge in [-0.25, -0.2) is 0 Å². The van der Waals surface area contributed by atoms with Crippen molar-refractivity contribution in [2.75, 3.05) is 0 Å². The van der Waals surface area contributed by atoms with Crippen LogP contribution in [0.25, 0.3) is 0 Å². The minimum Gasteiger partial charge on any atom is -0.507 e. The lowest BCUT2D eigenvalue weighted by atomic mass is 9.78. The molecular formula is C17H27NO2S. The molecule has 1 atom stereocenters. The van der Waals surface area contributed by atoms with Crippen LogP contribution in [0.1, 0.15) is 58.2 Å². The highest BCUT2D eigenvalue weighted by atomic mass is 32.1. The van der Waals surface area contributed by atoms with E-state index in [1.165, 1.54) is 0 Å². The van der Waals surface area contributed by atoms with Crippen molar-refractivity contribution >= 4 is 18.5 Å². The van der Waals surface area contributed by atoms with Gasteiger partial charge in [-0.2, -0.15) is 12.6 Å². The fourth-order valence-corrected chi connectivity index (χ4v) is 2.49. The zero-order valence-corrected chi connectivity index (χ0v) is 14.7. The standard InChI is InChI=1S/C17H27NO2S/c1-16(2,3)11-7-10(9-13(21)15(18)20)8-12(14(11)19)17(4,5)6/h7-8,13,19,21H,9H2,1-6H3,(H2,18,20). The maximum absolute atomic E-state index is 11.2. The molecule has 1 aromatic carbocycles. The van der Waals surface area contributed by atoms with Crippen LogP contribution < -0.4 is 5.73 Å². The number of primary amides is 1. The molecule has 0 heterocycles. The first kappa shape index (κ1) is 17.9. The van der Waals surface area contributed by atoms with Gasteiger partial charge in [-0.1, -0.05) is 53.7 Å². The quantitative estimate of drug-likeness (QED) is 0.750. The zero-order chi connectivity index (χ0) is 16.6. The van der Waals surface area contributed by atoms with Crippen molar-refractivity contribution in [2.45, 2.75) is 64.0 Å². The summed E-state index contributed by atoms with van der Waals surface area (Å²) in [7, 11) is 0. The van der Waals surface area contributed by atoms with E-state index in [-0.39, 0.29) is 10.8 Å². The molecule has 4 heteroatoms. The second-order valence-electron chi connectivity index (χ2n) is 7.66.